The Balaban J connectivity index is 1.38. The lowest BCUT2D eigenvalue weighted by atomic mass is 10.0. The summed E-state index contributed by atoms with van der Waals surface area (Å²) in [4.78, 5) is 31.5. The normalized spacial score (nSPS) is 14.4. The zero-order valence-electron chi connectivity index (χ0n) is 18.6. The van der Waals surface area contributed by atoms with Crippen LogP contribution in [0.4, 0.5) is 10.7 Å². The predicted octanol–water partition coefficient (Wildman–Crippen LogP) is 4.61. The number of amides is 1. The van der Waals surface area contributed by atoms with Crippen molar-refractivity contribution in [2.75, 3.05) is 42.9 Å². The molecule has 2 aromatic carbocycles. The lowest BCUT2D eigenvalue weighted by molar-refractivity contribution is -0.117. The van der Waals surface area contributed by atoms with Crippen molar-refractivity contribution in [3.05, 3.63) is 82.2 Å². The highest BCUT2D eigenvalue weighted by Crippen LogP contribution is 2.30. The smallest absolute Gasteiger partial charge is 0.239 e. The number of para-hydroxylation sites is 1. The van der Waals surface area contributed by atoms with Crippen LogP contribution in [0.1, 0.15) is 33.3 Å². The van der Waals surface area contributed by atoms with E-state index in [2.05, 4.69) is 46.3 Å². The van der Waals surface area contributed by atoms with E-state index in [1.807, 2.05) is 43.3 Å². The topological polar surface area (TPSA) is 52.7 Å². The molecule has 1 amide bonds. The number of aryl methyl sites for hydroxylation is 2. The summed E-state index contributed by atoms with van der Waals surface area (Å²) in [5.41, 5.74) is 3.56. The highest BCUT2D eigenvalue weighted by molar-refractivity contribution is 7.16. The molecule has 1 saturated heterocycles. The van der Waals surface area contributed by atoms with Crippen LogP contribution in [0, 0.1) is 6.92 Å². The minimum Gasteiger partial charge on any atom is -0.369 e. The van der Waals surface area contributed by atoms with Gasteiger partial charge in [-0.25, -0.2) is 0 Å². The van der Waals surface area contributed by atoms with E-state index in [0.29, 0.717) is 22.7 Å². The summed E-state index contributed by atoms with van der Waals surface area (Å²) in [7, 11) is 0. The first-order valence-electron chi connectivity index (χ1n) is 11.1. The first-order valence-corrected chi connectivity index (χ1v) is 11.9. The third-order valence-corrected chi connectivity index (χ3v) is 7.00. The predicted molar refractivity (Wildman–Crippen MR) is 132 cm³/mol. The van der Waals surface area contributed by atoms with E-state index in [1.54, 1.807) is 0 Å². The van der Waals surface area contributed by atoms with E-state index in [4.69, 9.17) is 0 Å². The van der Waals surface area contributed by atoms with Crippen molar-refractivity contribution in [2.24, 2.45) is 0 Å². The van der Waals surface area contributed by atoms with Crippen LogP contribution in [-0.2, 0) is 11.2 Å². The Labute approximate surface area is 193 Å². The van der Waals surface area contributed by atoms with Gasteiger partial charge in [0.2, 0.25) is 5.91 Å². The Morgan fingerprint density at radius 2 is 1.66 bits per heavy atom. The number of nitrogens with zero attached hydrogens (tertiary/aromatic N) is 2. The second-order valence-electron chi connectivity index (χ2n) is 8.15. The molecule has 1 aromatic heterocycles. The molecule has 166 valence electrons. The first kappa shape index (κ1) is 22.2. The molecule has 32 heavy (non-hydrogen) atoms. The van der Waals surface area contributed by atoms with Crippen LogP contribution in [0.3, 0.4) is 0 Å². The van der Waals surface area contributed by atoms with Gasteiger partial charge < -0.3 is 10.2 Å². The molecule has 0 aliphatic carbocycles. The van der Waals surface area contributed by atoms with Crippen molar-refractivity contribution in [3.63, 3.8) is 0 Å². The molecular formula is C26H29N3O2S. The average molecular weight is 448 g/mol. The Bertz CT molecular complexity index is 1070. The molecular weight excluding hydrogens is 418 g/mol. The molecule has 0 unspecified atom stereocenters. The van der Waals surface area contributed by atoms with Gasteiger partial charge in [-0.2, -0.15) is 0 Å². The van der Waals surface area contributed by atoms with E-state index < -0.39 is 0 Å². The number of piperazine rings is 1. The maximum Gasteiger partial charge on any atom is 0.239 e. The zero-order chi connectivity index (χ0) is 22.5. The summed E-state index contributed by atoms with van der Waals surface area (Å²) < 4.78 is 0. The molecule has 0 atom stereocenters. The van der Waals surface area contributed by atoms with Crippen LogP contribution < -0.4 is 10.2 Å². The lowest BCUT2D eigenvalue weighted by Gasteiger charge is -2.35. The van der Waals surface area contributed by atoms with Gasteiger partial charge in [0.15, 0.2) is 5.78 Å². The molecule has 1 fully saturated rings. The second-order valence-corrected chi connectivity index (χ2v) is 9.29. The number of ketones is 1. The molecule has 0 saturated carbocycles. The van der Waals surface area contributed by atoms with Crippen molar-refractivity contribution in [1.29, 1.82) is 0 Å². The molecule has 0 radical (unpaired) electrons. The fourth-order valence-electron chi connectivity index (χ4n) is 3.91. The van der Waals surface area contributed by atoms with Crippen LogP contribution in [0.25, 0.3) is 0 Å². The van der Waals surface area contributed by atoms with E-state index in [1.165, 1.54) is 17.0 Å². The van der Waals surface area contributed by atoms with E-state index in [-0.39, 0.29) is 11.7 Å². The summed E-state index contributed by atoms with van der Waals surface area (Å²) in [5.74, 6) is -0.117. The number of carbonyl (C=O) groups excluding carboxylic acids is 2. The van der Waals surface area contributed by atoms with Gasteiger partial charge in [-0.3, -0.25) is 14.5 Å². The van der Waals surface area contributed by atoms with Gasteiger partial charge in [0, 0.05) is 42.3 Å². The van der Waals surface area contributed by atoms with Crippen LogP contribution in [0.5, 0.6) is 0 Å². The first-order chi connectivity index (χ1) is 15.5. The largest absolute Gasteiger partial charge is 0.369 e. The van der Waals surface area contributed by atoms with Gasteiger partial charge in [-0.1, -0.05) is 55.0 Å². The van der Waals surface area contributed by atoms with Crippen LogP contribution in [0.15, 0.2) is 60.7 Å². The van der Waals surface area contributed by atoms with Gasteiger partial charge in [0.25, 0.3) is 0 Å². The molecule has 0 bridgehead atoms. The summed E-state index contributed by atoms with van der Waals surface area (Å²) in [6, 6.07) is 19.9. The van der Waals surface area contributed by atoms with Crippen LogP contribution in [0.2, 0.25) is 0 Å². The minimum absolute atomic E-state index is 0.0484. The Kier molecular flexibility index (Phi) is 7.02. The Morgan fingerprint density at radius 3 is 2.31 bits per heavy atom. The molecule has 6 heteroatoms. The third-order valence-electron chi connectivity index (χ3n) is 5.80. The molecule has 0 spiro atoms. The number of hydrogen-bond acceptors (Lipinski definition) is 5. The van der Waals surface area contributed by atoms with Gasteiger partial charge in [0.05, 0.1) is 12.1 Å². The van der Waals surface area contributed by atoms with Crippen molar-refractivity contribution in [3.8, 4) is 0 Å². The summed E-state index contributed by atoms with van der Waals surface area (Å²) in [5, 5.41) is 3.67. The standard InChI is InChI=1S/C26H29N3O2S/c1-3-22-17-23(25(31)20-11-9-19(2)10-12-20)26(32-22)27-24(30)18-28-13-15-29(16-14-28)21-7-5-4-6-8-21/h4-12,17H,3,13-16,18H2,1-2H3,(H,27,30). The van der Waals surface area contributed by atoms with E-state index in [0.717, 1.165) is 43.0 Å². The molecule has 4 rings (SSSR count). The highest BCUT2D eigenvalue weighted by atomic mass is 32.1. The molecule has 2 heterocycles. The SMILES string of the molecule is CCc1cc(C(=O)c2ccc(C)cc2)c(NC(=O)CN2CCN(c3ccccc3)CC2)s1. The summed E-state index contributed by atoms with van der Waals surface area (Å²) in [6.07, 6.45) is 0.830. The monoisotopic (exact) mass is 447 g/mol. The van der Waals surface area contributed by atoms with Crippen molar-refractivity contribution >= 4 is 33.7 Å². The summed E-state index contributed by atoms with van der Waals surface area (Å²) >= 11 is 1.49. The maximum absolute atomic E-state index is 13.1. The van der Waals surface area contributed by atoms with Gasteiger partial charge in [0.1, 0.15) is 5.00 Å². The van der Waals surface area contributed by atoms with Gasteiger partial charge in [-0.15, -0.1) is 11.3 Å². The van der Waals surface area contributed by atoms with Crippen LogP contribution in [-0.4, -0.2) is 49.3 Å². The number of hydrogen-bond donors (Lipinski definition) is 1. The maximum atomic E-state index is 13.1. The average Bonchev–Trinajstić information content (AvgIpc) is 3.23. The minimum atomic E-state index is -0.0689. The number of carbonyl (C=O) groups is 2. The number of thiophene rings is 1. The zero-order valence-corrected chi connectivity index (χ0v) is 19.5. The van der Waals surface area contributed by atoms with Crippen molar-refractivity contribution < 1.29 is 9.59 Å². The third kappa shape index (κ3) is 5.26. The van der Waals surface area contributed by atoms with Crippen molar-refractivity contribution in [1.82, 2.24) is 4.90 Å². The molecule has 1 aliphatic rings. The highest BCUT2D eigenvalue weighted by Gasteiger charge is 2.22. The van der Waals surface area contributed by atoms with Gasteiger partial charge in [-0.05, 0) is 31.5 Å². The van der Waals surface area contributed by atoms with E-state index >= 15 is 0 Å². The quantitative estimate of drug-likeness (QED) is 0.538. The number of rotatable bonds is 7. The fourth-order valence-corrected chi connectivity index (χ4v) is 4.92. The number of anilines is 2. The molecule has 1 aliphatic heterocycles. The lowest BCUT2D eigenvalue weighted by Crippen LogP contribution is -2.48. The fraction of sp³-hybridized carbons (Fsp3) is 0.308. The Hall–Kier alpha value is -2.96. The van der Waals surface area contributed by atoms with Crippen molar-refractivity contribution in [2.45, 2.75) is 20.3 Å². The molecule has 1 N–H and O–H groups in total. The Morgan fingerprint density at radius 1 is 0.969 bits per heavy atom. The van der Waals surface area contributed by atoms with Crippen LogP contribution >= 0.6 is 11.3 Å². The van der Waals surface area contributed by atoms with E-state index in [9.17, 15) is 9.59 Å². The number of benzene rings is 2. The molecule has 5 nitrogen and oxygen atoms in total. The molecule has 3 aromatic rings. The number of nitrogens with one attached hydrogen (secondary N) is 1. The summed E-state index contributed by atoms with van der Waals surface area (Å²) in [6.45, 7) is 7.86. The van der Waals surface area contributed by atoms with Gasteiger partial charge >= 0.3 is 0 Å². The second kappa shape index (κ2) is 10.1.